The van der Waals surface area contributed by atoms with Crippen LogP contribution in [0.15, 0.2) is 36.1 Å². The molecule has 0 amide bonds. The lowest BCUT2D eigenvalue weighted by Gasteiger charge is -2.23. The molecule has 1 aliphatic heterocycles. The summed E-state index contributed by atoms with van der Waals surface area (Å²) in [4.78, 5) is 0. The zero-order valence-corrected chi connectivity index (χ0v) is 10.7. The van der Waals surface area contributed by atoms with Gasteiger partial charge in [-0.15, -0.1) is 0 Å². The molecule has 0 spiro atoms. The Morgan fingerprint density at radius 3 is 2.84 bits per heavy atom. The van der Waals surface area contributed by atoms with Gasteiger partial charge < -0.3 is 14.8 Å². The third kappa shape index (κ3) is 3.67. The van der Waals surface area contributed by atoms with Crippen molar-refractivity contribution >= 4 is 0 Å². The van der Waals surface area contributed by atoms with E-state index in [1.165, 1.54) is 6.07 Å². The van der Waals surface area contributed by atoms with E-state index in [4.69, 9.17) is 4.74 Å². The minimum Gasteiger partial charge on any atom is -0.501 e. The van der Waals surface area contributed by atoms with Gasteiger partial charge >= 0.3 is 6.61 Å². The van der Waals surface area contributed by atoms with Crippen LogP contribution in [0.4, 0.5) is 8.78 Å². The van der Waals surface area contributed by atoms with Crippen LogP contribution in [0.5, 0.6) is 5.75 Å². The Balaban J connectivity index is 2.20. The van der Waals surface area contributed by atoms with E-state index in [1.807, 2.05) is 13.1 Å². The van der Waals surface area contributed by atoms with Crippen LogP contribution >= 0.6 is 0 Å². The van der Waals surface area contributed by atoms with E-state index in [-0.39, 0.29) is 11.8 Å². The van der Waals surface area contributed by atoms with Gasteiger partial charge in [0, 0.05) is 0 Å². The third-order valence-corrected chi connectivity index (χ3v) is 3.04. The maximum atomic E-state index is 12.2. The van der Waals surface area contributed by atoms with E-state index in [2.05, 4.69) is 10.1 Å². The predicted octanol–water partition coefficient (Wildman–Crippen LogP) is 3.24. The van der Waals surface area contributed by atoms with Gasteiger partial charge in [0.25, 0.3) is 0 Å². The highest BCUT2D eigenvalue weighted by atomic mass is 19.3. The minimum absolute atomic E-state index is 0.0403. The molecule has 0 saturated heterocycles. The summed E-state index contributed by atoms with van der Waals surface area (Å²) in [6, 6.07) is 6.70. The van der Waals surface area contributed by atoms with Crippen LogP contribution in [0.3, 0.4) is 0 Å². The Hall–Kier alpha value is -1.62. The lowest BCUT2D eigenvalue weighted by atomic mass is 9.95. The first kappa shape index (κ1) is 13.8. The normalized spacial score (nSPS) is 16.7. The van der Waals surface area contributed by atoms with Crippen molar-refractivity contribution in [2.24, 2.45) is 0 Å². The fourth-order valence-corrected chi connectivity index (χ4v) is 2.23. The van der Waals surface area contributed by atoms with Gasteiger partial charge in [0.2, 0.25) is 0 Å². The average molecular weight is 269 g/mol. The summed E-state index contributed by atoms with van der Waals surface area (Å²) < 4.78 is 34.2. The molecular weight excluding hydrogens is 252 g/mol. The Bertz CT molecular complexity index is 449. The van der Waals surface area contributed by atoms with Gasteiger partial charge in [-0.2, -0.15) is 8.78 Å². The highest BCUT2D eigenvalue weighted by molar-refractivity contribution is 5.35. The van der Waals surface area contributed by atoms with E-state index in [1.54, 1.807) is 18.4 Å². The SMILES string of the molecule is CNC(C1=COCCC1)c1cccc(OC(F)F)c1. The van der Waals surface area contributed by atoms with E-state index < -0.39 is 6.61 Å². The molecule has 1 heterocycles. The number of halogens is 2. The molecular formula is C14H17F2NO2. The summed E-state index contributed by atoms with van der Waals surface area (Å²) in [5.41, 5.74) is 2.00. The zero-order chi connectivity index (χ0) is 13.7. The molecule has 1 atom stereocenters. The summed E-state index contributed by atoms with van der Waals surface area (Å²) in [5, 5.41) is 3.18. The van der Waals surface area contributed by atoms with Gasteiger partial charge in [-0.1, -0.05) is 12.1 Å². The molecule has 2 rings (SSSR count). The summed E-state index contributed by atoms with van der Waals surface area (Å²) in [5.74, 6) is 0.171. The van der Waals surface area contributed by atoms with Crippen molar-refractivity contribution in [2.75, 3.05) is 13.7 Å². The summed E-state index contributed by atoms with van der Waals surface area (Å²) >= 11 is 0. The Morgan fingerprint density at radius 1 is 1.37 bits per heavy atom. The van der Waals surface area contributed by atoms with E-state index >= 15 is 0 Å². The molecule has 1 N–H and O–H groups in total. The molecule has 0 aliphatic carbocycles. The fraction of sp³-hybridized carbons (Fsp3) is 0.429. The standard InChI is InChI=1S/C14H17F2NO2/c1-17-13(11-5-3-7-18-9-11)10-4-2-6-12(8-10)19-14(15)16/h2,4,6,8-9,13-14,17H,3,5,7H2,1H3. The highest BCUT2D eigenvalue weighted by Gasteiger charge is 2.18. The maximum absolute atomic E-state index is 12.2. The van der Waals surface area contributed by atoms with E-state index in [9.17, 15) is 8.78 Å². The van der Waals surface area contributed by atoms with Crippen LogP contribution < -0.4 is 10.1 Å². The van der Waals surface area contributed by atoms with Crippen molar-refractivity contribution in [3.8, 4) is 5.75 Å². The molecule has 1 aromatic rings. The van der Waals surface area contributed by atoms with E-state index in [0.29, 0.717) is 0 Å². The van der Waals surface area contributed by atoms with E-state index in [0.717, 1.165) is 30.6 Å². The van der Waals surface area contributed by atoms with Crippen LogP contribution in [-0.2, 0) is 4.74 Å². The van der Waals surface area contributed by atoms with Crippen LogP contribution in [0.1, 0.15) is 24.4 Å². The number of benzene rings is 1. The number of ether oxygens (including phenoxy) is 2. The molecule has 0 radical (unpaired) electrons. The van der Waals surface area contributed by atoms with Gasteiger partial charge in [-0.25, -0.2) is 0 Å². The largest absolute Gasteiger partial charge is 0.501 e. The van der Waals surface area contributed by atoms with Crippen molar-refractivity contribution in [1.29, 1.82) is 0 Å². The third-order valence-electron chi connectivity index (χ3n) is 3.04. The fourth-order valence-electron chi connectivity index (χ4n) is 2.23. The second-order valence-electron chi connectivity index (χ2n) is 4.34. The predicted molar refractivity (Wildman–Crippen MR) is 68.1 cm³/mol. The molecule has 19 heavy (non-hydrogen) atoms. The number of nitrogens with one attached hydrogen (secondary N) is 1. The molecule has 5 heteroatoms. The molecule has 1 unspecified atom stereocenters. The first-order valence-corrected chi connectivity index (χ1v) is 6.23. The van der Waals surface area contributed by atoms with Gasteiger partial charge in [0.1, 0.15) is 5.75 Å². The van der Waals surface area contributed by atoms with Crippen LogP contribution in [0.25, 0.3) is 0 Å². The second-order valence-corrected chi connectivity index (χ2v) is 4.34. The van der Waals surface area contributed by atoms with Crippen molar-refractivity contribution in [2.45, 2.75) is 25.5 Å². The lowest BCUT2D eigenvalue weighted by molar-refractivity contribution is -0.0498. The Kier molecular flexibility index (Phi) is 4.74. The summed E-state index contributed by atoms with van der Waals surface area (Å²) in [6.45, 7) is -2.07. The van der Waals surface area contributed by atoms with Gasteiger partial charge in [0.05, 0.1) is 18.9 Å². The van der Waals surface area contributed by atoms with Crippen molar-refractivity contribution in [3.05, 3.63) is 41.7 Å². The number of alkyl halides is 2. The van der Waals surface area contributed by atoms with Crippen molar-refractivity contribution in [3.63, 3.8) is 0 Å². The average Bonchev–Trinajstić information content (AvgIpc) is 2.40. The molecule has 0 fully saturated rings. The smallest absolute Gasteiger partial charge is 0.387 e. The number of rotatable bonds is 5. The van der Waals surface area contributed by atoms with Crippen LogP contribution in [-0.4, -0.2) is 20.3 Å². The number of hydrogen-bond acceptors (Lipinski definition) is 3. The molecule has 0 bridgehead atoms. The highest BCUT2D eigenvalue weighted by Crippen LogP contribution is 2.29. The van der Waals surface area contributed by atoms with Gasteiger partial charge in [0.15, 0.2) is 0 Å². The zero-order valence-electron chi connectivity index (χ0n) is 10.7. The monoisotopic (exact) mass is 269 g/mol. The molecule has 1 aromatic carbocycles. The molecule has 0 saturated carbocycles. The number of hydrogen-bond donors (Lipinski definition) is 1. The Labute approximate surface area is 111 Å². The molecule has 0 aromatic heterocycles. The first-order chi connectivity index (χ1) is 9.20. The van der Waals surface area contributed by atoms with Crippen LogP contribution in [0.2, 0.25) is 0 Å². The summed E-state index contributed by atoms with van der Waals surface area (Å²) in [6.07, 6.45) is 3.66. The van der Waals surface area contributed by atoms with Gasteiger partial charge in [-0.3, -0.25) is 0 Å². The van der Waals surface area contributed by atoms with Gasteiger partial charge in [-0.05, 0) is 43.2 Å². The summed E-state index contributed by atoms with van der Waals surface area (Å²) in [7, 11) is 1.83. The molecule has 104 valence electrons. The minimum atomic E-state index is -2.81. The maximum Gasteiger partial charge on any atom is 0.387 e. The second kappa shape index (κ2) is 6.52. The first-order valence-electron chi connectivity index (χ1n) is 6.23. The van der Waals surface area contributed by atoms with Crippen molar-refractivity contribution in [1.82, 2.24) is 5.32 Å². The molecule has 3 nitrogen and oxygen atoms in total. The Morgan fingerprint density at radius 2 is 2.21 bits per heavy atom. The quantitative estimate of drug-likeness (QED) is 0.890. The molecule has 1 aliphatic rings. The van der Waals surface area contributed by atoms with Crippen LogP contribution in [0, 0.1) is 0 Å². The van der Waals surface area contributed by atoms with Crippen molar-refractivity contribution < 1.29 is 18.3 Å². The topological polar surface area (TPSA) is 30.5 Å². The lowest BCUT2D eigenvalue weighted by Crippen LogP contribution is -2.20. The number of likely N-dealkylation sites (N-methyl/N-ethyl adjacent to an activating group) is 1.